The largest absolute Gasteiger partial charge is 0.478 e. The van der Waals surface area contributed by atoms with E-state index in [9.17, 15) is 28.0 Å². The standard InChI is InChI=1S/C15H13BrFNO3.C14H11BrFNO3/c1-9(10-3-5-12(17)6-4-10)18-8-11(15(20)21-2)7-13(16)14(18)19;1-8(9-2-4-11(16)5-3-9)17-7-10(14(19)20)6-12(15)13(17)18/h3-9H,1-2H3;2-8H,1H3,(H,19,20)/t9-;8-/m00/s1. The molecule has 2 atom stereocenters. The highest BCUT2D eigenvalue weighted by molar-refractivity contribution is 9.10. The van der Waals surface area contributed by atoms with Crippen molar-refractivity contribution < 1.29 is 28.2 Å². The highest BCUT2D eigenvalue weighted by atomic mass is 79.9. The summed E-state index contributed by atoms with van der Waals surface area (Å²) in [6.07, 6.45) is 2.72. The van der Waals surface area contributed by atoms with Crippen LogP contribution in [0.4, 0.5) is 8.78 Å². The third-order valence-corrected chi connectivity index (χ3v) is 7.34. The smallest absolute Gasteiger partial charge is 0.339 e. The molecule has 1 N–H and O–H groups in total. The molecule has 8 nitrogen and oxygen atoms in total. The van der Waals surface area contributed by atoms with Gasteiger partial charge in [0.25, 0.3) is 11.1 Å². The number of nitrogens with zero attached hydrogens (tertiary/aromatic N) is 2. The van der Waals surface area contributed by atoms with Crippen LogP contribution in [0.25, 0.3) is 0 Å². The molecule has 2 aromatic carbocycles. The van der Waals surface area contributed by atoms with Crippen molar-refractivity contribution in [2.75, 3.05) is 7.11 Å². The van der Waals surface area contributed by atoms with E-state index in [0.29, 0.717) is 5.56 Å². The quantitative estimate of drug-likeness (QED) is 0.241. The van der Waals surface area contributed by atoms with Crippen molar-refractivity contribution in [2.24, 2.45) is 0 Å². The molecular weight excluding hydrogens is 670 g/mol. The Morgan fingerprint density at radius 2 is 1.12 bits per heavy atom. The Morgan fingerprint density at radius 1 is 0.756 bits per heavy atom. The highest BCUT2D eigenvalue weighted by Crippen LogP contribution is 2.20. The number of esters is 1. The molecule has 0 amide bonds. The summed E-state index contributed by atoms with van der Waals surface area (Å²) >= 11 is 6.21. The van der Waals surface area contributed by atoms with Gasteiger partial charge in [-0.3, -0.25) is 9.59 Å². The lowest BCUT2D eigenvalue weighted by Crippen LogP contribution is -2.25. The third-order valence-electron chi connectivity index (χ3n) is 6.21. The zero-order valence-corrected chi connectivity index (χ0v) is 25.1. The number of halogens is 4. The molecule has 0 unspecified atom stereocenters. The minimum absolute atomic E-state index is 0.00503. The molecule has 4 aromatic rings. The van der Waals surface area contributed by atoms with E-state index in [1.807, 2.05) is 0 Å². The molecule has 0 aliphatic heterocycles. The lowest BCUT2D eigenvalue weighted by molar-refractivity contribution is 0.0598. The van der Waals surface area contributed by atoms with E-state index >= 15 is 0 Å². The summed E-state index contributed by atoms with van der Waals surface area (Å²) < 4.78 is 33.7. The first-order valence-electron chi connectivity index (χ1n) is 12.0. The van der Waals surface area contributed by atoms with Crippen LogP contribution in [0.2, 0.25) is 0 Å². The topological polar surface area (TPSA) is 108 Å². The van der Waals surface area contributed by atoms with E-state index in [1.165, 1.54) is 65.0 Å². The van der Waals surface area contributed by atoms with Crippen LogP contribution in [0.5, 0.6) is 0 Å². The molecule has 0 aliphatic carbocycles. The maximum atomic E-state index is 13.0. The van der Waals surface area contributed by atoms with Crippen LogP contribution >= 0.6 is 31.9 Å². The molecule has 41 heavy (non-hydrogen) atoms. The first-order chi connectivity index (χ1) is 19.3. The van der Waals surface area contributed by atoms with E-state index in [4.69, 9.17) is 5.11 Å². The first-order valence-corrected chi connectivity index (χ1v) is 13.6. The Bertz CT molecular complexity index is 1690. The van der Waals surface area contributed by atoms with Crippen LogP contribution in [0.1, 0.15) is 57.8 Å². The van der Waals surface area contributed by atoms with Crippen LogP contribution in [-0.2, 0) is 4.74 Å². The molecule has 0 saturated heterocycles. The maximum absolute atomic E-state index is 13.0. The number of carboxylic acid groups (broad SMARTS) is 1. The van der Waals surface area contributed by atoms with Crippen LogP contribution in [0, 0.1) is 11.6 Å². The summed E-state index contributed by atoms with van der Waals surface area (Å²) in [5, 5.41) is 9.03. The molecule has 12 heteroatoms. The fourth-order valence-electron chi connectivity index (χ4n) is 3.86. The summed E-state index contributed by atoms with van der Waals surface area (Å²) in [5.41, 5.74) is 1.12. The van der Waals surface area contributed by atoms with Gasteiger partial charge in [0.1, 0.15) is 11.6 Å². The van der Waals surface area contributed by atoms with Crippen LogP contribution in [-0.4, -0.2) is 33.3 Å². The summed E-state index contributed by atoms with van der Waals surface area (Å²) in [5.74, 6) is -2.36. The lowest BCUT2D eigenvalue weighted by atomic mass is 10.1. The number of carbonyl (C=O) groups excluding carboxylic acids is 1. The van der Waals surface area contributed by atoms with Gasteiger partial charge in [-0.15, -0.1) is 0 Å². The minimum Gasteiger partial charge on any atom is -0.478 e. The van der Waals surface area contributed by atoms with Crippen molar-refractivity contribution in [3.63, 3.8) is 0 Å². The molecule has 0 radical (unpaired) electrons. The number of hydrogen-bond acceptors (Lipinski definition) is 5. The van der Waals surface area contributed by atoms with Gasteiger partial charge >= 0.3 is 11.9 Å². The number of methoxy groups -OCH3 is 1. The predicted molar refractivity (Wildman–Crippen MR) is 156 cm³/mol. The van der Waals surface area contributed by atoms with Gasteiger partial charge < -0.3 is 19.0 Å². The Kier molecular flexibility index (Phi) is 10.5. The van der Waals surface area contributed by atoms with Crippen molar-refractivity contribution >= 4 is 43.8 Å². The molecule has 2 heterocycles. The molecule has 4 rings (SSSR count). The molecular formula is C29H24Br2F2N2O6. The van der Waals surface area contributed by atoms with Gasteiger partial charge in [0, 0.05) is 12.4 Å². The molecule has 2 aromatic heterocycles. The van der Waals surface area contributed by atoms with E-state index in [0.717, 1.165) is 5.56 Å². The number of benzene rings is 2. The molecule has 214 valence electrons. The van der Waals surface area contributed by atoms with Crippen molar-refractivity contribution in [3.8, 4) is 0 Å². The number of aromatic carboxylic acids is 1. The normalized spacial score (nSPS) is 12.1. The first kappa shape index (κ1) is 31.6. The van der Waals surface area contributed by atoms with Gasteiger partial charge in [0.2, 0.25) is 0 Å². The molecule has 0 saturated carbocycles. The lowest BCUT2D eigenvalue weighted by Gasteiger charge is -2.17. The van der Waals surface area contributed by atoms with Crippen molar-refractivity contribution in [1.29, 1.82) is 0 Å². The monoisotopic (exact) mass is 692 g/mol. The van der Waals surface area contributed by atoms with Gasteiger partial charge in [-0.05, 0) is 93.2 Å². The summed E-state index contributed by atoms with van der Waals surface area (Å²) in [6, 6.07) is 13.5. The number of ether oxygens (including phenoxy) is 1. The van der Waals surface area contributed by atoms with Gasteiger partial charge in [0.15, 0.2) is 0 Å². The number of pyridine rings is 2. The van der Waals surface area contributed by atoms with Crippen LogP contribution < -0.4 is 11.1 Å². The van der Waals surface area contributed by atoms with Gasteiger partial charge in [0.05, 0.1) is 39.3 Å². The second-order valence-electron chi connectivity index (χ2n) is 8.83. The maximum Gasteiger partial charge on any atom is 0.339 e. The van der Waals surface area contributed by atoms with E-state index in [1.54, 1.807) is 38.1 Å². The fraction of sp³-hybridized carbons (Fsp3) is 0.172. The van der Waals surface area contributed by atoms with Gasteiger partial charge in [-0.2, -0.15) is 0 Å². The number of carboxylic acids is 1. The van der Waals surface area contributed by atoms with Crippen LogP contribution in [0.15, 0.2) is 91.6 Å². The van der Waals surface area contributed by atoms with Crippen LogP contribution in [0.3, 0.4) is 0 Å². The summed E-state index contributed by atoms with van der Waals surface area (Å²) in [7, 11) is 1.27. The summed E-state index contributed by atoms with van der Waals surface area (Å²) in [6.45, 7) is 3.54. The zero-order chi connectivity index (χ0) is 30.4. The van der Waals surface area contributed by atoms with Gasteiger partial charge in [-0.25, -0.2) is 18.4 Å². The van der Waals surface area contributed by atoms with Gasteiger partial charge in [-0.1, -0.05) is 24.3 Å². The van der Waals surface area contributed by atoms with Crippen molar-refractivity contribution in [3.05, 3.63) is 137 Å². The zero-order valence-electron chi connectivity index (χ0n) is 22.0. The van der Waals surface area contributed by atoms with E-state index in [2.05, 4.69) is 36.6 Å². The van der Waals surface area contributed by atoms with E-state index < -0.39 is 18.0 Å². The second kappa shape index (κ2) is 13.6. The molecule has 0 spiro atoms. The average molecular weight is 694 g/mol. The molecule has 0 fully saturated rings. The summed E-state index contributed by atoms with van der Waals surface area (Å²) in [4.78, 5) is 46.9. The highest BCUT2D eigenvalue weighted by Gasteiger charge is 2.17. The van der Waals surface area contributed by atoms with E-state index in [-0.39, 0.29) is 48.9 Å². The number of carbonyl (C=O) groups is 2. The third kappa shape index (κ3) is 7.65. The SMILES string of the molecule is COC(=O)c1cc(Br)c(=O)n([C@@H](C)c2ccc(F)cc2)c1.C[C@@H](c1ccc(F)cc1)n1cc(C(=O)O)cc(Br)c1=O. The second-order valence-corrected chi connectivity index (χ2v) is 10.5. The Hall–Kier alpha value is -3.90. The molecule has 0 bridgehead atoms. The fourth-order valence-corrected chi connectivity index (χ4v) is 4.76. The Balaban J connectivity index is 0.000000226. The Labute approximate surface area is 250 Å². The average Bonchev–Trinajstić information content (AvgIpc) is 2.95. The number of rotatable bonds is 6. The van der Waals surface area contributed by atoms with Crippen molar-refractivity contribution in [1.82, 2.24) is 9.13 Å². The molecule has 0 aliphatic rings. The number of aromatic nitrogens is 2. The van der Waals surface area contributed by atoms with Crippen molar-refractivity contribution in [2.45, 2.75) is 25.9 Å². The minimum atomic E-state index is -1.12. The predicted octanol–water partition coefficient (Wildman–Crippen LogP) is 6.20. The number of hydrogen-bond donors (Lipinski definition) is 1. The Morgan fingerprint density at radius 3 is 1.49 bits per heavy atom.